The molecule has 3 aromatic heterocycles. The third-order valence-electron chi connectivity index (χ3n) is 7.03. The molecule has 3 saturated carbocycles. The molecule has 158 valence electrons. The van der Waals surface area contributed by atoms with Gasteiger partial charge in [-0.05, 0) is 62.0 Å². The lowest BCUT2D eigenvalue weighted by Crippen LogP contribution is -2.45. The molecule has 3 heterocycles. The van der Waals surface area contributed by atoms with Crippen molar-refractivity contribution in [1.82, 2.24) is 15.0 Å². The van der Waals surface area contributed by atoms with Crippen LogP contribution in [0.15, 0.2) is 24.5 Å². The summed E-state index contributed by atoms with van der Waals surface area (Å²) >= 11 is 0. The maximum absolute atomic E-state index is 14.9. The molecule has 0 saturated heterocycles. The Kier molecular flexibility index (Phi) is 4.69. The molecule has 0 spiro atoms. The van der Waals surface area contributed by atoms with Crippen LogP contribution in [0.4, 0.5) is 8.78 Å². The van der Waals surface area contributed by atoms with Crippen molar-refractivity contribution in [2.24, 2.45) is 23.7 Å². The minimum Gasteiger partial charge on any atom is -0.481 e. The Morgan fingerprint density at radius 1 is 1.23 bits per heavy atom. The van der Waals surface area contributed by atoms with Gasteiger partial charge in [-0.1, -0.05) is 0 Å². The zero-order valence-electron chi connectivity index (χ0n) is 16.6. The Hall–Kier alpha value is -3.34. The molecule has 6 rings (SSSR count). The number of nitrogens with zero attached hydrogens (tertiary/aromatic N) is 3. The first-order chi connectivity index (χ1) is 15.0. The quantitative estimate of drug-likeness (QED) is 0.646. The molecule has 3 fully saturated rings. The highest BCUT2D eigenvalue weighted by molar-refractivity contribution is 5.93. The van der Waals surface area contributed by atoms with E-state index < -0.39 is 23.5 Å². The number of carbonyl (C=O) groups is 1. The summed E-state index contributed by atoms with van der Waals surface area (Å²) in [5.74, 6) is -2.30. The molecule has 0 amide bonds. The third-order valence-corrected chi connectivity index (χ3v) is 7.03. The van der Waals surface area contributed by atoms with Crippen LogP contribution in [0.2, 0.25) is 0 Å². The van der Waals surface area contributed by atoms with E-state index in [-0.39, 0.29) is 41.1 Å². The van der Waals surface area contributed by atoms with Gasteiger partial charge in [0, 0.05) is 17.1 Å². The third kappa shape index (κ3) is 3.25. The summed E-state index contributed by atoms with van der Waals surface area (Å²) in [6.45, 7) is 0. The summed E-state index contributed by atoms with van der Waals surface area (Å²) in [5, 5.41) is 19.8. The van der Waals surface area contributed by atoms with Crippen molar-refractivity contribution < 1.29 is 18.7 Å². The summed E-state index contributed by atoms with van der Waals surface area (Å²) in [6.07, 6.45) is 6.58. The van der Waals surface area contributed by atoms with Gasteiger partial charge >= 0.3 is 5.97 Å². The molecule has 2 bridgehead atoms. The van der Waals surface area contributed by atoms with E-state index in [1.54, 1.807) is 6.20 Å². The normalized spacial score (nSPS) is 24.9. The van der Waals surface area contributed by atoms with Gasteiger partial charge in [0.05, 0.1) is 29.1 Å². The number of hydrogen-bond donors (Lipinski definition) is 2. The molecular formula is C23H20F2N4O2. The van der Waals surface area contributed by atoms with Crippen molar-refractivity contribution in [1.29, 1.82) is 5.26 Å². The number of nitriles is 1. The van der Waals surface area contributed by atoms with E-state index in [0.29, 0.717) is 16.6 Å². The molecule has 31 heavy (non-hydrogen) atoms. The second kappa shape index (κ2) is 7.41. The number of aromatic amines is 1. The minimum absolute atomic E-state index is 0.0337. The molecule has 6 nitrogen and oxygen atoms in total. The Bertz CT molecular complexity index is 1220. The van der Waals surface area contributed by atoms with Crippen molar-refractivity contribution in [3.8, 4) is 17.3 Å². The van der Waals surface area contributed by atoms with E-state index in [0.717, 1.165) is 37.9 Å². The molecule has 3 aromatic rings. The number of aliphatic carboxylic acids is 1. The topological polar surface area (TPSA) is 103 Å². The summed E-state index contributed by atoms with van der Waals surface area (Å²) in [7, 11) is 0. The molecule has 0 radical (unpaired) electrons. The lowest BCUT2D eigenvalue weighted by Gasteiger charge is -2.46. The number of pyridine rings is 2. The van der Waals surface area contributed by atoms with Crippen molar-refractivity contribution in [2.75, 3.05) is 0 Å². The number of carboxylic acid groups (broad SMARTS) is 1. The van der Waals surface area contributed by atoms with Gasteiger partial charge < -0.3 is 10.1 Å². The first kappa shape index (κ1) is 19.6. The number of halogens is 2. The van der Waals surface area contributed by atoms with Crippen LogP contribution in [0, 0.1) is 46.6 Å². The predicted octanol–water partition coefficient (Wildman–Crippen LogP) is 4.45. The van der Waals surface area contributed by atoms with Crippen LogP contribution >= 0.6 is 0 Å². The molecular weight excluding hydrogens is 402 g/mol. The van der Waals surface area contributed by atoms with Crippen molar-refractivity contribution in [3.05, 3.63) is 47.4 Å². The Morgan fingerprint density at radius 3 is 2.68 bits per heavy atom. The minimum atomic E-state index is -0.827. The van der Waals surface area contributed by atoms with Crippen molar-refractivity contribution in [2.45, 2.75) is 32.1 Å². The molecule has 3 aliphatic rings. The monoisotopic (exact) mass is 422 g/mol. The lowest BCUT2D eigenvalue weighted by molar-refractivity contribution is -0.152. The second-order valence-corrected chi connectivity index (χ2v) is 8.58. The van der Waals surface area contributed by atoms with Gasteiger partial charge in [0.15, 0.2) is 0 Å². The van der Waals surface area contributed by atoms with Gasteiger partial charge in [-0.25, -0.2) is 18.7 Å². The standard InChI is InChI=1S/C23H20F2N4O2/c24-14-6-16-17(10-28-22(16)27-9-14)21-13(8-26)5-18(25)19(29-21)7-15-11-1-3-12(4-2-11)20(15)23(30)31/h5-6,9-12,15,20H,1-4,7H2,(H,27,28)(H,30,31)/t11?,12?,15-,20-/m0/s1. The SMILES string of the molecule is N#Cc1cc(F)c(C[C@H]2C3CCC(CC3)[C@@H]2C(=O)O)nc1-c1c[nH]c2ncc(F)cc12. The highest BCUT2D eigenvalue weighted by Gasteiger charge is 2.47. The Balaban J connectivity index is 1.58. The molecule has 3 aliphatic carbocycles. The number of rotatable bonds is 4. The maximum Gasteiger partial charge on any atom is 0.307 e. The number of hydrogen-bond acceptors (Lipinski definition) is 4. The number of aromatic nitrogens is 3. The van der Waals surface area contributed by atoms with Crippen LogP contribution < -0.4 is 0 Å². The molecule has 2 atom stereocenters. The van der Waals surface area contributed by atoms with Crippen LogP contribution in [-0.2, 0) is 11.2 Å². The van der Waals surface area contributed by atoms with Gasteiger partial charge in [0.25, 0.3) is 0 Å². The van der Waals surface area contributed by atoms with Crippen LogP contribution in [0.3, 0.4) is 0 Å². The van der Waals surface area contributed by atoms with E-state index in [1.807, 2.05) is 6.07 Å². The van der Waals surface area contributed by atoms with Crippen molar-refractivity contribution in [3.63, 3.8) is 0 Å². The van der Waals surface area contributed by atoms with Gasteiger partial charge in [-0.2, -0.15) is 5.26 Å². The smallest absolute Gasteiger partial charge is 0.307 e. The fourth-order valence-corrected chi connectivity index (χ4v) is 5.61. The Labute approximate surface area is 177 Å². The van der Waals surface area contributed by atoms with Gasteiger partial charge in [-0.15, -0.1) is 0 Å². The second-order valence-electron chi connectivity index (χ2n) is 8.58. The van der Waals surface area contributed by atoms with Crippen LogP contribution in [-0.4, -0.2) is 26.0 Å². The maximum atomic E-state index is 14.9. The number of nitrogens with one attached hydrogen (secondary N) is 1. The molecule has 0 unspecified atom stereocenters. The molecule has 0 aliphatic heterocycles. The predicted molar refractivity (Wildman–Crippen MR) is 108 cm³/mol. The van der Waals surface area contributed by atoms with Crippen LogP contribution in [0.25, 0.3) is 22.3 Å². The van der Waals surface area contributed by atoms with E-state index in [9.17, 15) is 23.9 Å². The summed E-state index contributed by atoms with van der Waals surface area (Å²) < 4.78 is 28.7. The fraction of sp³-hybridized carbons (Fsp3) is 0.391. The molecule has 8 heteroatoms. The van der Waals surface area contributed by atoms with Gasteiger partial charge in [0.2, 0.25) is 0 Å². The average Bonchev–Trinajstić information content (AvgIpc) is 3.18. The van der Waals surface area contributed by atoms with E-state index in [4.69, 9.17) is 0 Å². The molecule has 0 aromatic carbocycles. The molecule has 2 N–H and O–H groups in total. The zero-order chi connectivity index (χ0) is 21.7. The summed E-state index contributed by atoms with van der Waals surface area (Å²) in [5.41, 5.74) is 1.32. The highest BCUT2D eigenvalue weighted by Crippen LogP contribution is 2.50. The van der Waals surface area contributed by atoms with E-state index in [1.165, 1.54) is 6.07 Å². The first-order valence-corrected chi connectivity index (χ1v) is 10.4. The fourth-order valence-electron chi connectivity index (χ4n) is 5.61. The van der Waals surface area contributed by atoms with Crippen LogP contribution in [0.1, 0.15) is 36.9 Å². The average molecular weight is 422 g/mol. The number of H-pyrrole nitrogens is 1. The van der Waals surface area contributed by atoms with E-state index in [2.05, 4.69) is 15.0 Å². The van der Waals surface area contributed by atoms with Gasteiger partial charge in [-0.3, -0.25) is 4.79 Å². The van der Waals surface area contributed by atoms with E-state index >= 15 is 0 Å². The highest BCUT2D eigenvalue weighted by atomic mass is 19.1. The first-order valence-electron chi connectivity index (χ1n) is 10.4. The van der Waals surface area contributed by atoms with Gasteiger partial charge in [0.1, 0.15) is 23.4 Å². The van der Waals surface area contributed by atoms with Crippen LogP contribution in [0.5, 0.6) is 0 Å². The van der Waals surface area contributed by atoms with Crippen molar-refractivity contribution >= 4 is 17.0 Å². The number of fused-ring (bicyclic) bond motifs is 4. The zero-order valence-corrected chi connectivity index (χ0v) is 16.6. The summed E-state index contributed by atoms with van der Waals surface area (Å²) in [4.78, 5) is 23.4. The lowest BCUT2D eigenvalue weighted by atomic mass is 9.57. The Morgan fingerprint density at radius 2 is 1.97 bits per heavy atom. The number of carboxylic acids is 1. The summed E-state index contributed by atoms with van der Waals surface area (Å²) in [6, 6.07) is 4.40. The largest absolute Gasteiger partial charge is 0.481 e.